The third kappa shape index (κ3) is 5.21. The second kappa shape index (κ2) is 8.51. The predicted octanol–water partition coefficient (Wildman–Crippen LogP) is 3.54. The Morgan fingerprint density at radius 2 is 1.84 bits per heavy atom. The highest BCUT2D eigenvalue weighted by molar-refractivity contribution is 5.95. The Bertz CT molecular complexity index is 741. The summed E-state index contributed by atoms with van der Waals surface area (Å²) in [4.78, 5) is 23.3. The number of carbonyl (C=O) groups excluding carboxylic acids is 2. The zero-order valence-electron chi connectivity index (χ0n) is 15.3. The highest BCUT2D eigenvalue weighted by atomic mass is 16.5. The number of ketones is 1. The van der Waals surface area contributed by atoms with Crippen LogP contribution in [0.2, 0.25) is 0 Å². The van der Waals surface area contributed by atoms with Crippen LogP contribution in [0.1, 0.15) is 46.3 Å². The lowest BCUT2D eigenvalue weighted by Gasteiger charge is -2.12. The number of Topliss-reactive ketones (excluding diaryl/α,β-unsaturated/α-hetero) is 1. The van der Waals surface area contributed by atoms with Gasteiger partial charge < -0.3 is 14.5 Å². The fourth-order valence-corrected chi connectivity index (χ4v) is 2.71. The third-order valence-corrected chi connectivity index (χ3v) is 4.03. The minimum atomic E-state index is -0.0662. The Balaban J connectivity index is 1.72. The number of hydrogen-bond donors (Lipinski definition) is 1. The van der Waals surface area contributed by atoms with Crippen molar-refractivity contribution in [1.82, 2.24) is 5.32 Å². The van der Waals surface area contributed by atoms with Crippen molar-refractivity contribution in [1.29, 1.82) is 0 Å². The zero-order valence-corrected chi connectivity index (χ0v) is 15.3. The molecule has 25 heavy (non-hydrogen) atoms. The fraction of sp³-hybridized carbons (Fsp3) is 0.400. The molecule has 1 amide bonds. The molecule has 5 heteroatoms. The molecule has 5 nitrogen and oxygen atoms in total. The Morgan fingerprint density at radius 1 is 1.16 bits per heavy atom. The van der Waals surface area contributed by atoms with Crippen LogP contribution in [0, 0.1) is 20.8 Å². The number of furan rings is 1. The zero-order chi connectivity index (χ0) is 18.4. The molecule has 0 radical (unpaired) electrons. The molecular formula is C20H25NO4. The minimum absolute atomic E-state index is 0.0272. The van der Waals surface area contributed by atoms with E-state index in [1.165, 1.54) is 6.92 Å². The van der Waals surface area contributed by atoms with Crippen LogP contribution in [0.15, 0.2) is 28.7 Å². The first-order chi connectivity index (χ1) is 11.9. The number of ether oxygens (including phenoxy) is 1. The Hall–Kier alpha value is -2.56. The number of carbonyl (C=O) groups is 2. The van der Waals surface area contributed by atoms with E-state index in [1.807, 2.05) is 32.0 Å². The van der Waals surface area contributed by atoms with Gasteiger partial charge in [0.2, 0.25) is 5.91 Å². The van der Waals surface area contributed by atoms with Crippen molar-refractivity contribution in [3.05, 3.63) is 52.5 Å². The molecular weight excluding hydrogens is 318 g/mol. The average molecular weight is 343 g/mol. The molecule has 2 aromatic rings. The number of para-hydroxylation sites is 1. The van der Waals surface area contributed by atoms with E-state index in [1.54, 1.807) is 13.0 Å². The van der Waals surface area contributed by atoms with E-state index in [2.05, 4.69) is 5.32 Å². The van der Waals surface area contributed by atoms with E-state index >= 15 is 0 Å². The lowest BCUT2D eigenvalue weighted by atomic mass is 10.1. The lowest BCUT2D eigenvalue weighted by molar-refractivity contribution is -0.121. The topological polar surface area (TPSA) is 68.5 Å². The smallest absolute Gasteiger partial charge is 0.220 e. The summed E-state index contributed by atoms with van der Waals surface area (Å²) in [6, 6.07) is 7.71. The first kappa shape index (κ1) is 18.8. The normalized spacial score (nSPS) is 10.6. The molecule has 1 N–H and O–H groups in total. The first-order valence-electron chi connectivity index (χ1n) is 8.44. The minimum Gasteiger partial charge on any atom is -0.491 e. The number of amides is 1. The lowest BCUT2D eigenvalue weighted by Crippen LogP contribution is -2.28. The van der Waals surface area contributed by atoms with Crippen LogP contribution in [0.5, 0.6) is 5.75 Å². The maximum atomic E-state index is 11.9. The van der Waals surface area contributed by atoms with Gasteiger partial charge in [-0.3, -0.25) is 9.59 Å². The highest BCUT2D eigenvalue weighted by Gasteiger charge is 2.12. The van der Waals surface area contributed by atoms with E-state index < -0.39 is 0 Å². The van der Waals surface area contributed by atoms with Gasteiger partial charge in [-0.05, 0) is 44.9 Å². The molecule has 0 aliphatic heterocycles. The fourth-order valence-electron chi connectivity index (χ4n) is 2.71. The van der Waals surface area contributed by atoms with E-state index in [0.29, 0.717) is 43.1 Å². The van der Waals surface area contributed by atoms with Gasteiger partial charge in [-0.15, -0.1) is 0 Å². The SMILES string of the molecule is CC(=O)c1cc(CCC(=O)NCCOc2c(C)cccc2C)oc1C. The quantitative estimate of drug-likeness (QED) is 0.588. The summed E-state index contributed by atoms with van der Waals surface area (Å²) >= 11 is 0. The second-order valence-electron chi connectivity index (χ2n) is 6.16. The molecule has 1 heterocycles. The first-order valence-corrected chi connectivity index (χ1v) is 8.44. The molecule has 0 fully saturated rings. The van der Waals surface area contributed by atoms with Gasteiger partial charge in [-0.2, -0.15) is 0 Å². The van der Waals surface area contributed by atoms with Crippen LogP contribution in [0.4, 0.5) is 0 Å². The third-order valence-electron chi connectivity index (χ3n) is 4.03. The standard InChI is InChI=1S/C20H25NO4/c1-13-6-5-7-14(2)20(13)24-11-10-21-19(23)9-8-17-12-18(15(3)22)16(4)25-17/h5-7,12H,8-11H2,1-4H3,(H,21,23). The Kier molecular flexibility index (Phi) is 6.39. The molecule has 1 aromatic heterocycles. The number of hydrogen-bond acceptors (Lipinski definition) is 4. The monoisotopic (exact) mass is 343 g/mol. The molecule has 0 unspecified atom stereocenters. The van der Waals surface area contributed by atoms with Crippen molar-refractivity contribution < 1.29 is 18.7 Å². The van der Waals surface area contributed by atoms with Gasteiger partial charge in [0.05, 0.1) is 12.1 Å². The van der Waals surface area contributed by atoms with Gasteiger partial charge in [-0.1, -0.05) is 18.2 Å². The molecule has 0 aliphatic rings. The maximum absolute atomic E-state index is 11.9. The van der Waals surface area contributed by atoms with Crippen LogP contribution < -0.4 is 10.1 Å². The summed E-state index contributed by atoms with van der Waals surface area (Å²) in [7, 11) is 0. The van der Waals surface area contributed by atoms with E-state index in [-0.39, 0.29) is 11.7 Å². The molecule has 0 bridgehead atoms. The number of rotatable bonds is 8. The van der Waals surface area contributed by atoms with Crippen molar-refractivity contribution in [2.45, 2.75) is 40.5 Å². The molecule has 134 valence electrons. The van der Waals surface area contributed by atoms with Crippen LogP contribution in [-0.4, -0.2) is 24.8 Å². The van der Waals surface area contributed by atoms with Crippen molar-refractivity contribution in [2.24, 2.45) is 0 Å². The number of benzene rings is 1. The summed E-state index contributed by atoms with van der Waals surface area (Å²) < 4.78 is 11.3. The Labute approximate surface area is 148 Å². The molecule has 0 atom stereocenters. The summed E-state index contributed by atoms with van der Waals surface area (Å²) in [5, 5.41) is 2.83. The maximum Gasteiger partial charge on any atom is 0.220 e. The van der Waals surface area contributed by atoms with Crippen molar-refractivity contribution in [3.8, 4) is 5.75 Å². The van der Waals surface area contributed by atoms with Crippen molar-refractivity contribution >= 4 is 11.7 Å². The summed E-state index contributed by atoms with van der Waals surface area (Å²) in [6.45, 7) is 8.13. The van der Waals surface area contributed by atoms with Gasteiger partial charge in [0.1, 0.15) is 23.9 Å². The summed E-state index contributed by atoms with van der Waals surface area (Å²) in [5.74, 6) is 2.04. The molecule has 0 saturated heterocycles. The Morgan fingerprint density at radius 3 is 2.44 bits per heavy atom. The van der Waals surface area contributed by atoms with Crippen molar-refractivity contribution in [2.75, 3.05) is 13.2 Å². The van der Waals surface area contributed by atoms with Crippen LogP contribution in [-0.2, 0) is 11.2 Å². The molecule has 0 spiro atoms. The molecule has 0 aliphatic carbocycles. The molecule has 2 rings (SSSR count). The second-order valence-corrected chi connectivity index (χ2v) is 6.16. The van der Waals surface area contributed by atoms with Crippen LogP contribution in [0.25, 0.3) is 0 Å². The predicted molar refractivity (Wildman–Crippen MR) is 96.2 cm³/mol. The number of nitrogens with one attached hydrogen (secondary N) is 1. The average Bonchev–Trinajstić information content (AvgIpc) is 2.93. The molecule has 1 aromatic carbocycles. The summed E-state index contributed by atoms with van der Waals surface area (Å²) in [5.41, 5.74) is 2.75. The van der Waals surface area contributed by atoms with Gasteiger partial charge >= 0.3 is 0 Å². The van der Waals surface area contributed by atoms with Gasteiger partial charge in [0.15, 0.2) is 5.78 Å². The van der Waals surface area contributed by atoms with Gasteiger partial charge in [-0.25, -0.2) is 0 Å². The largest absolute Gasteiger partial charge is 0.491 e. The van der Waals surface area contributed by atoms with Gasteiger partial charge in [0.25, 0.3) is 0 Å². The highest BCUT2D eigenvalue weighted by Crippen LogP contribution is 2.22. The summed E-state index contributed by atoms with van der Waals surface area (Å²) in [6.07, 6.45) is 0.783. The number of aryl methyl sites for hydroxylation is 4. The van der Waals surface area contributed by atoms with E-state index in [0.717, 1.165) is 16.9 Å². The van der Waals surface area contributed by atoms with E-state index in [9.17, 15) is 9.59 Å². The molecule has 0 saturated carbocycles. The van der Waals surface area contributed by atoms with Crippen LogP contribution >= 0.6 is 0 Å². The van der Waals surface area contributed by atoms with Crippen molar-refractivity contribution in [3.63, 3.8) is 0 Å². The van der Waals surface area contributed by atoms with Gasteiger partial charge in [0, 0.05) is 12.8 Å². The van der Waals surface area contributed by atoms with E-state index in [4.69, 9.17) is 9.15 Å². The van der Waals surface area contributed by atoms with Crippen LogP contribution in [0.3, 0.4) is 0 Å².